The number of anilines is 1. The monoisotopic (exact) mass is 393 g/mol. The Morgan fingerprint density at radius 2 is 1.79 bits per heavy atom. The van der Waals surface area contributed by atoms with Gasteiger partial charge in [0, 0.05) is 32.2 Å². The molecule has 0 aromatic heterocycles. The van der Waals surface area contributed by atoms with E-state index in [0.717, 1.165) is 37.5 Å². The van der Waals surface area contributed by atoms with Crippen molar-refractivity contribution in [2.45, 2.75) is 25.4 Å². The SMILES string of the molecule is COc1ccc(CN2CC[C@@]3(C2)CN(c2ccccc2)C(=O)CN3C(C)=O)cc1. The molecule has 2 saturated heterocycles. The van der Waals surface area contributed by atoms with Gasteiger partial charge in [-0.15, -0.1) is 0 Å². The van der Waals surface area contributed by atoms with E-state index in [1.54, 1.807) is 18.9 Å². The van der Waals surface area contributed by atoms with Crippen LogP contribution in [-0.4, -0.2) is 60.4 Å². The van der Waals surface area contributed by atoms with E-state index in [4.69, 9.17) is 4.74 Å². The third-order valence-corrected chi connectivity index (χ3v) is 6.04. The van der Waals surface area contributed by atoms with Gasteiger partial charge in [-0.3, -0.25) is 14.5 Å². The van der Waals surface area contributed by atoms with Crippen LogP contribution in [0.4, 0.5) is 5.69 Å². The van der Waals surface area contributed by atoms with Crippen LogP contribution in [0.25, 0.3) is 0 Å². The third kappa shape index (κ3) is 3.85. The zero-order chi connectivity index (χ0) is 20.4. The smallest absolute Gasteiger partial charge is 0.246 e. The number of carbonyl (C=O) groups excluding carboxylic acids is 2. The number of likely N-dealkylation sites (tertiary alicyclic amines) is 1. The molecule has 0 unspecified atom stereocenters. The van der Waals surface area contributed by atoms with Gasteiger partial charge in [0.25, 0.3) is 0 Å². The van der Waals surface area contributed by atoms with Gasteiger partial charge in [0.1, 0.15) is 12.3 Å². The summed E-state index contributed by atoms with van der Waals surface area (Å²) in [5.74, 6) is 0.793. The highest BCUT2D eigenvalue weighted by molar-refractivity contribution is 5.98. The molecule has 6 heteroatoms. The van der Waals surface area contributed by atoms with Crippen LogP contribution in [0.5, 0.6) is 5.75 Å². The van der Waals surface area contributed by atoms with Crippen LogP contribution in [0.1, 0.15) is 18.9 Å². The number of nitrogens with zero attached hydrogens (tertiary/aromatic N) is 3. The van der Waals surface area contributed by atoms with Gasteiger partial charge in [-0.2, -0.15) is 0 Å². The maximum absolute atomic E-state index is 12.8. The highest BCUT2D eigenvalue weighted by Crippen LogP contribution is 2.35. The maximum atomic E-state index is 12.8. The van der Waals surface area contributed by atoms with Crippen molar-refractivity contribution in [1.82, 2.24) is 9.80 Å². The summed E-state index contributed by atoms with van der Waals surface area (Å²) in [5, 5.41) is 0. The topological polar surface area (TPSA) is 53.1 Å². The maximum Gasteiger partial charge on any atom is 0.246 e. The minimum Gasteiger partial charge on any atom is -0.497 e. The zero-order valence-electron chi connectivity index (χ0n) is 17.0. The lowest BCUT2D eigenvalue weighted by molar-refractivity contribution is -0.142. The van der Waals surface area contributed by atoms with Crippen LogP contribution < -0.4 is 9.64 Å². The van der Waals surface area contributed by atoms with Gasteiger partial charge in [0.2, 0.25) is 11.8 Å². The number of benzene rings is 2. The summed E-state index contributed by atoms with van der Waals surface area (Å²) < 4.78 is 5.24. The first kappa shape index (κ1) is 19.5. The third-order valence-electron chi connectivity index (χ3n) is 6.04. The molecular weight excluding hydrogens is 366 g/mol. The van der Waals surface area contributed by atoms with Crippen molar-refractivity contribution in [2.75, 3.05) is 38.2 Å². The van der Waals surface area contributed by atoms with E-state index in [-0.39, 0.29) is 23.9 Å². The number of rotatable bonds is 4. The molecule has 2 aliphatic rings. The second kappa shape index (κ2) is 7.87. The quantitative estimate of drug-likeness (QED) is 0.801. The van der Waals surface area contributed by atoms with Crippen molar-refractivity contribution >= 4 is 17.5 Å². The van der Waals surface area contributed by atoms with Gasteiger partial charge >= 0.3 is 0 Å². The summed E-state index contributed by atoms with van der Waals surface area (Å²) in [6, 6.07) is 17.8. The number of ether oxygens (including phenoxy) is 1. The van der Waals surface area contributed by atoms with Crippen LogP contribution in [0.15, 0.2) is 54.6 Å². The molecule has 2 aromatic carbocycles. The Labute approximate surface area is 171 Å². The van der Waals surface area contributed by atoms with Crippen molar-refractivity contribution in [1.29, 1.82) is 0 Å². The number of hydrogen-bond donors (Lipinski definition) is 0. The minimum atomic E-state index is -0.345. The zero-order valence-corrected chi connectivity index (χ0v) is 17.0. The molecule has 4 rings (SSSR count). The van der Waals surface area contributed by atoms with E-state index in [9.17, 15) is 9.59 Å². The minimum absolute atomic E-state index is 0.0226. The fourth-order valence-corrected chi connectivity index (χ4v) is 4.56. The van der Waals surface area contributed by atoms with Crippen molar-refractivity contribution in [3.8, 4) is 5.75 Å². The van der Waals surface area contributed by atoms with E-state index in [1.165, 1.54) is 5.56 Å². The second-order valence-electron chi connectivity index (χ2n) is 7.95. The lowest BCUT2D eigenvalue weighted by Crippen LogP contribution is -2.66. The van der Waals surface area contributed by atoms with Gasteiger partial charge in [0.15, 0.2) is 0 Å². The van der Waals surface area contributed by atoms with Gasteiger partial charge < -0.3 is 14.5 Å². The van der Waals surface area contributed by atoms with Crippen molar-refractivity contribution < 1.29 is 14.3 Å². The Kier molecular flexibility index (Phi) is 5.28. The Bertz CT molecular complexity index is 884. The number of methoxy groups -OCH3 is 1. The van der Waals surface area contributed by atoms with Crippen LogP contribution in [0.3, 0.4) is 0 Å². The van der Waals surface area contributed by atoms with Crippen LogP contribution >= 0.6 is 0 Å². The molecule has 0 saturated carbocycles. The summed E-state index contributed by atoms with van der Waals surface area (Å²) in [7, 11) is 1.67. The molecule has 1 atom stereocenters. The molecule has 2 amide bonds. The number of para-hydroxylation sites is 1. The first-order valence-corrected chi connectivity index (χ1v) is 10.00. The van der Waals surface area contributed by atoms with E-state index >= 15 is 0 Å². The average molecular weight is 393 g/mol. The predicted octanol–water partition coefficient (Wildman–Crippen LogP) is 2.54. The van der Waals surface area contributed by atoms with Crippen molar-refractivity contribution in [3.05, 3.63) is 60.2 Å². The van der Waals surface area contributed by atoms with Gasteiger partial charge in [-0.25, -0.2) is 0 Å². The highest BCUT2D eigenvalue weighted by Gasteiger charge is 2.50. The summed E-state index contributed by atoms with van der Waals surface area (Å²) >= 11 is 0. The number of hydrogen-bond acceptors (Lipinski definition) is 4. The largest absolute Gasteiger partial charge is 0.497 e. The average Bonchev–Trinajstić information content (AvgIpc) is 3.13. The molecule has 2 fully saturated rings. The Morgan fingerprint density at radius 1 is 1.07 bits per heavy atom. The molecule has 152 valence electrons. The standard InChI is InChI=1S/C23H27N3O3/c1-18(27)26-15-22(28)25(20-6-4-3-5-7-20)17-23(26)12-13-24(16-23)14-19-8-10-21(29-2)11-9-19/h3-11H,12-17H2,1-2H3/t23-/m1/s1. The number of carbonyl (C=O) groups is 2. The van der Waals surface area contributed by atoms with Gasteiger partial charge in [-0.05, 0) is 36.2 Å². The summed E-state index contributed by atoms with van der Waals surface area (Å²) in [6.45, 7) is 4.72. The second-order valence-corrected chi connectivity index (χ2v) is 7.95. The van der Waals surface area contributed by atoms with Crippen molar-refractivity contribution in [2.24, 2.45) is 0 Å². The first-order chi connectivity index (χ1) is 14.0. The molecule has 29 heavy (non-hydrogen) atoms. The van der Waals surface area contributed by atoms with Gasteiger partial charge in [0.05, 0.1) is 19.2 Å². The molecule has 0 radical (unpaired) electrons. The molecule has 0 bridgehead atoms. The lowest BCUT2D eigenvalue weighted by Gasteiger charge is -2.48. The molecule has 2 aliphatic heterocycles. The normalized spacial score (nSPS) is 22.3. The predicted molar refractivity (Wildman–Crippen MR) is 112 cm³/mol. The summed E-state index contributed by atoms with van der Waals surface area (Å²) in [4.78, 5) is 31.2. The molecule has 2 heterocycles. The van der Waals surface area contributed by atoms with Gasteiger partial charge in [-0.1, -0.05) is 30.3 Å². The fraction of sp³-hybridized carbons (Fsp3) is 0.391. The van der Waals surface area contributed by atoms with E-state index < -0.39 is 0 Å². The Balaban J connectivity index is 1.54. The highest BCUT2D eigenvalue weighted by atomic mass is 16.5. The Morgan fingerprint density at radius 3 is 2.45 bits per heavy atom. The lowest BCUT2D eigenvalue weighted by atomic mass is 9.91. The summed E-state index contributed by atoms with van der Waals surface area (Å²) in [5.41, 5.74) is 1.76. The molecule has 2 aromatic rings. The van der Waals surface area contributed by atoms with Crippen LogP contribution in [0.2, 0.25) is 0 Å². The molecule has 1 spiro atoms. The fourth-order valence-electron chi connectivity index (χ4n) is 4.56. The molecule has 0 aliphatic carbocycles. The Hall–Kier alpha value is -2.86. The van der Waals surface area contributed by atoms with Crippen LogP contribution in [-0.2, 0) is 16.1 Å². The van der Waals surface area contributed by atoms with E-state index in [0.29, 0.717) is 6.54 Å². The van der Waals surface area contributed by atoms with Crippen molar-refractivity contribution in [3.63, 3.8) is 0 Å². The number of amides is 2. The number of piperazine rings is 1. The first-order valence-electron chi connectivity index (χ1n) is 10.00. The van der Waals surface area contributed by atoms with E-state index in [1.807, 2.05) is 47.4 Å². The molecule has 0 N–H and O–H groups in total. The van der Waals surface area contributed by atoms with Crippen LogP contribution in [0, 0.1) is 0 Å². The van der Waals surface area contributed by atoms with E-state index in [2.05, 4.69) is 17.0 Å². The molecular formula is C23H27N3O3. The molecule has 6 nitrogen and oxygen atoms in total. The summed E-state index contributed by atoms with van der Waals surface area (Å²) in [6.07, 6.45) is 0.860.